The van der Waals surface area contributed by atoms with Crippen molar-refractivity contribution in [3.05, 3.63) is 48.6 Å². The van der Waals surface area contributed by atoms with Crippen molar-refractivity contribution in [2.45, 2.75) is 257 Å². The lowest BCUT2D eigenvalue weighted by atomic mass is 10.0. The summed E-state index contributed by atoms with van der Waals surface area (Å²) in [7, 11) is -4.35. The Morgan fingerprint density at radius 3 is 1.36 bits per heavy atom. The van der Waals surface area contributed by atoms with Crippen molar-refractivity contribution >= 4 is 13.7 Å². The predicted molar refractivity (Wildman–Crippen MR) is 263 cm³/mol. The number of allylic oxidation sites excluding steroid dienone is 7. The van der Waals surface area contributed by atoms with Crippen molar-refractivity contribution in [3.8, 4) is 0 Å². The molecule has 0 bridgehead atoms. The van der Waals surface area contributed by atoms with Crippen molar-refractivity contribution in [2.24, 2.45) is 5.73 Å². The highest BCUT2D eigenvalue weighted by Crippen LogP contribution is 2.43. The summed E-state index contributed by atoms with van der Waals surface area (Å²) in [5.41, 5.74) is 5.39. The predicted octanol–water partition coefficient (Wildman–Crippen LogP) is 15.2. The Morgan fingerprint density at radius 2 is 0.918 bits per heavy atom. The number of nitrogens with two attached hydrogens (primary N) is 1. The van der Waals surface area contributed by atoms with E-state index in [9.17, 15) is 19.4 Å². The van der Waals surface area contributed by atoms with Crippen LogP contribution in [0.4, 0.5) is 0 Å². The van der Waals surface area contributed by atoms with Crippen LogP contribution < -0.4 is 11.1 Å². The molecule has 0 aliphatic heterocycles. The number of phosphoric acid groups is 1. The van der Waals surface area contributed by atoms with E-state index in [2.05, 4.69) is 55.6 Å². The molecule has 0 saturated carbocycles. The van der Waals surface area contributed by atoms with Crippen LogP contribution in [0.25, 0.3) is 0 Å². The summed E-state index contributed by atoms with van der Waals surface area (Å²) in [6.07, 6.45) is 60.3. The standard InChI is InChI=1S/C52H99N2O6P/c1-3-5-7-9-11-13-15-17-19-21-23-24-25-26-28-30-32-34-36-38-40-42-44-46-52(56)54-50(49-60-61(57,58)59-48-47-53)51(55)45-43-41-39-37-35-33-31-29-27-22-20-18-16-14-12-10-8-6-4-2/h15,17,21,23,35,37,43,45,50-51,55H,3-14,16,18-20,22,24-34,36,38-42,44,46-49,53H2,1-2H3,(H,54,56)(H,57,58)/b17-15-,23-21-,37-35+,45-43+. The maximum Gasteiger partial charge on any atom is 0.472 e. The summed E-state index contributed by atoms with van der Waals surface area (Å²) >= 11 is 0. The first-order valence-corrected chi connectivity index (χ1v) is 27.3. The second-order valence-corrected chi connectivity index (χ2v) is 18.8. The third-order valence-corrected chi connectivity index (χ3v) is 12.4. The number of aliphatic hydroxyl groups excluding tert-OH is 1. The average molecular weight is 879 g/mol. The van der Waals surface area contributed by atoms with Gasteiger partial charge in [0.25, 0.3) is 0 Å². The highest BCUT2D eigenvalue weighted by molar-refractivity contribution is 7.47. The van der Waals surface area contributed by atoms with Gasteiger partial charge in [0, 0.05) is 13.0 Å². The number of carbonyl (C=O) groups excluding carboxylic acids is 1. The van der Waals surface area contributed by atoms with Gasteiger partial charge in [-0.1, -0.05) is 223 Å². The van der Waals surface area contributed by atoms with Crippen LogP contribution in [0, 0.1) is 0 Å². The molecule has 8 nitrogen and oxygen atoms in total. The van der Waals surface area contributed by atoms with Gasteiger partial charge < -0.3 is 21.1 Å². The molecule has 0 saturated heterocycles. The first kappa shape index (κ1) is 59.5. The van der Waals surface area contributed by atoms with Crippen LogP contribution >= 0.6 is 7.82 Å². The van der Waals surface area contributed by atoms with Crippen LogP contribution in [-0.4, -0.2) is 47.8 Å². The Bertz CT molecular complexity index is 1100. The Labute approximate surface area is 377 Å². The number of amides is 1. The number of hydrogen-bond donors (Lipinski definition) is 4. The summed E-state index contributed by atoms with van der Waals surface area (Å²) < 4.78 is 22.2. The molecular weight excluding hydrogens is 780 g/mol. The van der Waals surface area contributed by atoms with Gasteiger partial charge in [0.15, 0.2) is 0 Å². The fourth-order valence-electron chi connectivity index (χ4n) is 7.47. The zero-order valence-corrected chi connectivity index (χ0v) is 40.8. The summed E-state index contributed by atoms with van der Waals surface area (Å²) in [5, 5.41) is 13.7. The second-order valence-electron chi connectivity index (χ2n) is 17.4. The number of carbonyl (C=O) groups is 1. The molecule has 5 N–H and O–H groups in total. The lowest BCUT2D eigenvalue weighted by Crippen LogP contribution is -2.45. The van der Waals surface area contributed by atoms with Crippen molar-refractivity contribution in [1.29, 1.82) is 0 Å². The topological polar surface area (TPSA) is 131 Å². The van der Waals surface area contributed by atoms with Crippen LogP contribution in [0.2, 0.25) is 0 Å². The molecule has 0 aromatic heterocycles. The number of phosphoric ester groups is 1. The average Bonchev–Trinajstić information content (AvgIpc) is 3.25. The second kappa shape index (κ2) is 47.9. The van der Waals surface area contributed by atoms with E-state index in [4.69, 9.17) is 14.8 Å². The van der Waals surface area contributed by atoms with Gasteiger partial charge in [-0.2, -0.15) is 0 Å². The minimum atomic E-state index is -4.35. The smallest absolute Gasteiger partial charge is 0.387 e. The van der Waals surface area contributed by atoms with Crippen molar-refractivity contribution in [1.82, 2.24) is 5.32 Å². The Balaban J connectivity index is 4.13. The SMILES string of the molecule is CCCCCCC/C=C\C/C=C\CCCCCCCCCCCCCC(=O)NC(COP(=O)(O)OCCN)C(O)/C=C/CC/C=C/CCCCCCCCCCCCCCC. The zero-order valence-electron chi connectivity index (χ0n) is 39.9. The molecule has 0 heterocycles. The molecule has 0 spiro atoms. The van der Waals surface area contributed by atoms with Crippen LogP contribution in [0.5, 0.6) is 0 Å². The van der Waals surface area contributed by atoms with E-state index in [1.165, 1.54) is 180 Å². The third-order valence-electron chi connectivity index (χ3n) is 11.4. The largest absolute Gasteiger partial charge is 0.472 e. The molecule has 0 aliphatic carbocycles. The number of hydrogen-bond acceptors (Lipinski definition) is 6. The maximum absolute atomic E-state index is 12.8. The zero-order chi connectivity index (χ0) is 44.6. The third kappa shape index (κ3) is 46.3. The molecule has 3 unspecified atom stereocenters. The summed E-state index contributed by atoms with van der Waals surface area (Å²) in [5.74, 6) is -0.205. The fourth-order valence-corrected chi connectivity index (χ4v) is 8.23. The Morgan fingerprint density at radius 1 is 0.541 bits per heavy atom. The monoisotopic (exact) mass is 879 g/mol. The molecule has 0 aromatic rings. The molecular formula is C52H99N2O6P. The number of aliphatic hydroxyl groups is 1. The van der Waals surface area contributed by atoms with Crippen LogP contribution in [-0.2, 0) is 18.4 Å². The van der Waals surface area contributed by atoms with Crippen molar-refractivity contribution in [3.63, 3.8) is 0 Å². The lowest BCUT2D eigenvalue weighted by Gasteiger charge is -2.23. The molecule has 0 fully saturated rings. The van der Waals surface area contributed by atoms with Gasteiger partial charge in [0.05, 0.1) is 25.4 Å². The van der Waals surface area contributed by atoms with Gasteiger partial charge in [-0.3, -0.25) is 13.8 Å². The van der Waals surface area contributed by atoms with Crippen molar-refractivity contribution in [2.75, 3.05) is 19.8 Å². The normalized spacial score (nSPS) is 14.2. The van der Waals surface area contributed by atoms with Gasteiger partial charge in [0.1, 0.15) is 0 Å². The number of unbranched alkanes of at least 4 members (excludes halogenated alkanes) is 30. The van der Waals surface area contributed by atoms with E-state index < -0.39 is 20.0 Å². The number of nitrogens with one attached hydrogen (secondary N) is 1. The minimum absolute atomic E-state index is 0.0730. The molecule has 0 aromatic carbocycles. The maximum atomic E-state index is 12.8. The fraction of sp³-hybridized carbons (Fsp3) is 0.827. The minimum Gasteiger partial charge on any atom is -0.387 e. The Kier molecular flexibility index (Phi) is 46.7. The van der Waals surface area contributed by atoms with E-state index in [1.807, 2.05) is 6.08 Å². The van der Waals surface area contributed by atoms with Crippen LogP contribution in [0.15, 0.2) is 48.6 Å². The summed E-state index contributed by atoms with van der Waals surface area (Å²) in [4.78, 5) is 22.8. The molecule has 0 radical (unpaired) electrons. The number of rotatable bonds is 48. The van der Waals surface area contributed by atoms with Gasteiger partial charge in [-0.05, 0) is 64.2 Å². The summed E-state index contributed by atoms with van der Waals surface area (Å²) in [6.45, 7) is 4.13. The molecule has 3 atom stereocenters. The molecule has 61 heavy (non-hydrogen) atoms. The highest BCUT2D eigenvalue weighted by Gasteiger charge is 2.26. The molecule has 0 aliphatic rings. The van der Waals surface area contributed by atoms with E-state index in [-0.39, 0.29) is 25.7 Å². The lowest BCUT2D eigenvalue weighted by molar-refractivity contribution is -0.123. The van der Waals surface area contributed by atoms with Gasteiger partial charge in [0.2, 0.25) is 5.91 Å². The van der Waals surface area contributed by atoms with E-state index in [0.29, 0.717) is 6.42 Å². The van der Waals surface area contributed by atoms with Gasteiger partial charge >= 0.3 is 7.82 Å². The first-order chi connectivity index (χ1) is 29.9. The van der Waals surface area contributed by atoms with Crippen molar-refractivity contribution < 1.29 is 28.4 Å². The molecule has 0 rings (SSSR count). The summed E-state index contributed by atoms with van der Waals surface area (Å²) in [6, 6.07) is -0.879. The van der Waals surface area contributed by atoms with Crippen LogP contribution in [0.1, 0.15) is 245 Å². The van der Waals surface area contributed by atoms with E-state index >= 15 is 0 Å². The quantitative estimate of drug-likeness (QED) is 0.0272. The van der Waals surface area contributed by atoms with Gasteiger partial charge in [-0.25, -0.2) is 4.57 Å². The van der Waals surface area contributed by atoms with E-state index in [1.54, 1.807) is 6.08 Å². The first-order valence-electron chi connectivity index (χ1n) is 25.8. The molecule has 1 amide bonds. The Hall–Kier alpha value is -1.54. The van der Waals surface area contributed by atoms with E-state index in [0.717, 1.165) is 44.9 Å². The molecule has 9 heteroatoms. The van der Waals surface area contributed by atoms with Crippen LogP contribution in [0.3, 0.4) is 0 Å². The van der Waals surface area contributed by atoms with Gasteiger partial charge in [-0.15, -0.1) is 0 Å². The highest BCUT2D eigenvalue weighted by atomic mass is 31.2. The molecule has 358 valence electrons.